The number of likely N-dealkylation sites (N-methyl/N-ethyl adjacent to an activating group) is 1. The second-order valence-electron chi connectivity index (χ2n) is 4.42. The maximum atomic E-state index is 12.3. The van der Waals surface area contributed by atoms with E-state index in [-0.39, 0.29) is 18.1 Å². The Labute approximate surface area is 106 Å². The molecule has 1 aromatic heterocycles. The number of rotatable bonds is 3. The van der Waals surface area contributed by atoms with E-state index in [1.54, 1.807) is 30.3 Å². The van der Waals surface area contributed by atoms with Crippen molar-refractivity contribution in [2.24, 2.45) is 5.84 Å². The van der Waals surface area contributed by atoms with Crippen molar-refractivity contribution in [2.75, 3.05) is 19.1 Å². The summed E-state index contributed by atoms with van der Waals surface area (Å²) >= 11 is 0. The highest BCUT2D eigenvalue weighted by Gasteiger charge is 2.31. The molecule has 98 valence electrons. The second-order valence-corrected chi connectivity index (χ2v) is 4.42. The number of nitrogens with zero attached hydrogens (tertiary/aromatic N) is 2. The van der Waals surface area contributed by atoms with Crippen LogP contribution in [0.4, 0.5) is 5.82 Å². The van der Waals surface area contributed by atoms with Crippen LogP contribution in [0.3, 0.4) is 0 Å². The van der Waals surface area contributed by atoms with Gasteiger partial charge in [-0.15, -0.1) is 0 Å². The first kappa shape index (κ1) is 12.8. The third-order valence-corrected chi connectivity index (χ3v) is 3.31. The molecule has 1 aromatic rings. The highest BCUT2D eigenvalue weighted by Crippen LogP contribution is 2.20. The fraction of sp³-hybridized carbons (Fsp3) is 0.500. The number of pyridine rings is 1. The predicted octanol–water partition coefficient (Wildman–Crippen LogP) is 0.617. The molecule has 2 rings (SSSR count). The van der Waals surface area contributed by atoms with E-state index >= 15 is 0 Å². The summed E-state index contributed by atoms with van der Waals surface area (Å²) in [6.45, 7) is 2.69. The summed E-state index contributed by atoms with van der Waals surface area (Å²) in [5, 5.41) is 0. The van der Waals surface area contributed by atoms with Gasteiger partial charge in [-0.25, -0.2) is 10.8 Å². The second kappa shape index (κ2) is 5.32. The first-order valence-electron chi connectivity index (χ1n) is 5.95. The standard InChI is InChI=1S/C12H18N4O2/c1-8-10(4-6-18-8)16(2)12(17)9-3-5-14-11(7-9)15-13/h3,5,7-8,10H,4,6,13H2,1-2H3,(H,14,15). The van der Waals surface area contributed by atoms with Crippen LogP contribution in [0.25, 0.3) is 0 Å². The van der Waals surface area contributed by atoms with Crippen LogP contribution in [0.1, 0.15) is 23.7 Å². The van der Waals surface area contributed by atoms with Gasteiger partial charge >= 0.3 is 0 Å². The molecule has 6 nitrogen and oxygen atoms in total. The van der Waals surface area contributed by atoms with Crippen LogP contribution >= 0.6 is 0 Å². The number of amides is 1. The number of nitrogen functional groups attached to an aromatic ring is 1. The van der Waals surface area contributed by atoms with Gasteiger partial charge in [-0.05, 0) is 25.5 Å². The SMILES string of the molecule is CC1OCCC1N(C)C(=O)c1ccnc(NN)c1. The summed E-state index contributed by atoms with van der Waals surface area (Å²) in [6.07, 6.45) is 2.51. The van der Waals surface area contributed by atoms with Crippen molar-refractivity contribution in [3.8, 4) is 0 Å². The van der Waals surface area contributed by atoms with Gasteiger partial charge in [0.1, 0.15) is 5.82 Å². The number of aromatic nitrogens is 1. The van der Waals surface area contributed by atoms with E-state index in [2.05, 4.69) is 10.4 Å². The van der Waals surface area contributed by atoms with Crippen molar-refractivity contribution in [2.45, 2.75) is 25.5 Å². The van der Waals surface area contributed by atoms with Gasteiger partial charge in [-0.3, -0.25) is 4.79 Å². The average molecular weight is 250 g/mol. The van der Waals surface area contributed by atoms with Crippen LogP contribution in [0.15, 0.2) is 18.3 Å². The Bertz CT molecular complexity index is 438. The molecule has 2 atom stereocenters. The lowest BCUT2D eigenvalue weighted by atomic mass is 10.1. The van der Waals surface area contributed by atoms with Crippen molar-refractivity contribution < 1.29 is 9.53 Å². The van der Waals surface area contributed by atoms with Crippen LogP contribution in [0.2, 0.25) is 0 Å². The zero-order valence-electron chi connectivity index (χ0n) is 10.6. The largest absolute Gasteiger partial charge is 0.376 e. The van der Waals surface area contributed by atoms with E-state index in [1.807, 2.05) is 6.92 Å². The number of ether oxygens (including phenoxy) is 1. The normalized spacial score (nSPS) is 22.8. The lowest BCUT2D eigenvalue weighted by molar-refractivity contribution is 0.0574. The van der Waals surface area contributed by atoms with Crippen molar-refractivity contribution in [1.82, 2.24) is 9.88 Å². The number of nitrogens with one attached hydrogen (secondary N) is 1. The van der Waals surface area contributed by atoms with Crippen LogP contribution in [0.5, 0.6) is 0 Å². The molecule has 1 saturated heterocycles. The van der Waals surface area contributed by atoms with Crippen LogP contribution in [-0.4, -0.2) is 41.6 Å². The Morgan fingerprint density at radius 1 is 1.67 bits per heavy atom. The van der Waals surface area contributed by atoms with Gasteiger partial charge < -0.3 is 15.1 Å². The van der Waals surface area contributed by atoms with Crippen molar-refractivity contribution in [3.05, 3.63) is 23.9 Å². The van der Waals surface area contributed by atoms with Gasteiger partial charge in [0.25, 0.3) is 5.91 Å². The molecule has 1 fully saturated rings. The van der Waals surface area contributed by atoms with Crippen molar-refractivity contribution in [1.29, 1.82) is 0 Å². The highest BCUT2D eigenvalue weighted by molar-refractivity contribution is 5.94. The molecule has 0 spiro atoms. The Kier molecular flexibility index (Phi) is 3.78. The van der Waals surface area contributed by atoms with Crippen molar-refractivity contribution >= 4 is 11.7 Å². The first-order chi connectivity index (χ1) is 8.63. The molecule has 3 N–H and O–H groups in total. The lowest BCUT2D eigenvalue weighted by Crippen LogP contribution is -2.41. The molecule has 18 heavy (non-hydrogen) atoms. The molecule has 1 amide bonds. The molecule has 1 aliphatic heterocycles. The minimum Gasteiger partial charge on any atom is -0.376 e. The Balaban J connectivity index is 2.14. The molecule has 6 heteroatoms. The maximum absolute atomic E-state index is 12.3. The maximum Gasteiger partial charge on any atom is 0.254 e. The van der Waals surface area contributed by atoms with E-state index in [1.165, 1.54) is 0 Å². The summed E-state index contributed by atoms with van der Waals surface area (Å²) in [5.74, 6) is 5.71. The number of anilines is 1. The Hall–Kier alpha value is -1.66. The number of carbonyl (C=O) groups excluding carboxylic acids is 1. The van der Waals surface area contributed by atoms with E-state index in [9.17, 15) is 4.79 Å². The molecule has 0 saturated carbocycles. The first-order valence-corrected chi connectivity index (χ1v) is 5.95. The number of hydrogen-bond acceptors (Lipinski definition) is 5. The van der Waals surface area contributed by atoms with E-state index in [4.69, 9.17) is 10.6 Å². The monoisotopic (exact) mass is 250 g/mol. The van der Waals surface area contributed by atoms with E-state index < -0.39 is 0 Å². The fourth-order valence-corrected chi connectivity index (χ4v) is 2.23. The Morgan fingerprint density at radius 2 is 2.44 bits per heavy atom. The molecule has 2 unspecified atom stereocenters. The summed E-state index contributed by atoms with van der Waals surface area (Å²) in [5.41, 5.74) is 3.00. The average Bonchev–Trinajstić information content (AvgIpc) is 2.83. The summed E-state index contributed by atoms with van der Waals surface area (Å²) in [6, 6.07) is 3.44. The van der Waals surface area contributed by atoms with Gasteiger partial charge in [-0.2, -0.15) is 0 Å². The third kappa shape index (κ3) is 2.44. The molecule has 0 aliphatic carbocycles. The molecular weight excluding hydrogens is 232 g/mol. The number of carbonyl (C=O) groups is 1. The minimum atomic E-state index is -0.0451. The van der Waals surface area contributed by atoms with Gasteiger partial charge in [-0.1, -0.05) is 0 Å². The number of hydrazine groups is 1. The van der Waals surface area contributed by atoms with Crippen LogP contribution in [-0.2, 0) is 4.74 Å². The summed E-state index contributed by atoms with van der Waals surface area (Å²) < 4.78 is 5.48. The molecule has 0 radical (unpaired) electrons. The van der Waals surface area contributed by atoms with Gasteiger partial charge in [0, 0.05) is 25.4 Å². The highest BCUT2D eigenvalue weighted by atomic mass is 16.5. The zero-order chi connectivity index (χ0) is 13.1. The smallest absolute Gasteiger partial charge is 0.254 e. The summed E-state index contributed by atoms with van der Waals surface area (Å²) in [4.78, 5) is 18.0. The topological polar surface area (TPSA) is 80.5 Å². The fourth-order valence-electron chi connectivity index (χ4n) is 2.23. The molecule has 0 aromatic carbocycles. The number of hydrogen-bond donors (Lipinski definition) is 2. The van der Waals surface area contributed by atoms with Crippen molar-refractivity contribution in [3.63, 3.8) is 0 Å². The molecule has 1 aliphatic rings. The quantitative estimate of drug-likeness (QED) is 0.607. The van der Waals surface area contributed by atoms with Gasteiger partial charge in [0.05, 0.1) is 12.1 Å². The number of nitrogens with two attached hydrogens (primary N) is 1. The van der Waals surface area contributed by atoms with Crippen LogP contribution in [0, 0.1) is 0 Å². The molecule has 2 heterocycles. The van der Waals surface area contributed by atoms with Gasteiger partial charge in [0.2, 0.25) is 0 Å². The zero-order valence-corrected chi connectivity index (χ0v) is 10.6. The van der Waals surface area contributed by atoms with E-state index in [0.717, 1.165) is 6.42 Å². The predicted molar refractivity (Wildman–Crippen MR) is 68.0 cm³/mol. The summed E-state index contributed by atoms with van der Waals surface area (Å²) in [7, 11) is 1.80. The van der Waals surface area contributed by atoms with Crippen LogP contribution < -0.4 is 11.3 Å². The minimum absolute atomic E-state index is 0.0451. The third-order valence-electron chi connectivity index (χ3n) is 3.31. The molecule has 0 bridgehead atoms. The van der Waals surface area contributed by atoms with Gasteiger partial charge in [0.15, 0.2) is 0 Å². The van der Waals surface area contributed by atoms with E-state index in [0.29, 0.717) is 18.0 Å². The Morgan fingerprint density at radius 3 is 3.06 bits per heavy atom. The molecular formula is C12H18N4O2. The lowest BCUT2D eigenvalue weighted by Gasteiger charge is -2.26.